The summed E-state index contributed by atoms with van der Waals surface area (Å²) in [6.07, 6.45) is 5.87. The number of aromatic nitrogens is 4. The van der Waals surface area contributed by atoms with Gasteiger partial charge in [-0.2, -0.15) is 9.61 Å². The maximum Gasteiger partial charge on any atom is 0.415 e. The van der Waals surface area contributed by atoms with Crippen molar-refractivity contribution in [3.05, 3.63) is 36.2 Å². The Balaban J connectivity index is 1.71. The second kappa shape index (κ2) is 10.6. The highest BCUT2D eigenvalue weighted by atomic mass is 16.6. The summed E-state index contributed by atoms with van der Waals surface area (Å²) >= 11 is 0. The van der Waals surface area contributed by atoms with Crippen LogP contribution < -0.4 is 15.0 Å². The zero-order chi connectivity index (χ0) is 27.7. The summed E-state index contributed by atoms with van der Waals surface area (Å²) in [5, 5.41) is 17.6. The molecule has 3 aromatic heterocycles. The van der Waals surface area contributed by atoms with Crippen LogP contribution in [0.3, 0.4) is 0 Å². The van der Waals surface area contributed by atoms with Crippen LogP contribution in [0.15, 0.2) is 30.6 Å². The standard InChI is InChI=1S/C27H36N6O5/c1-26(2,3)38-25(35)32(6)22-15-21(30-19-9-8-14-28-24(19)37-17-11-12-17)31-23-18(16-29-33(22)23)20(34)10-7-13-27(4,5)36/h8-9,14-17,36H,7,10-13H2,1-6H3,(H,30,31). The summed E-state index contributed by atoms with van der Waals surface area (Å²) in [5.74, 6) is 1.03. The van der Waals surface area contributed by atoms with Gasteiger partial charge >= 0.3 is 6.09 Å². The van der Waals surface area contributed by atoms with Crippen molar-refractivity contribution >= 4 is 34.8 Å². The van der Waals surface area contributed by atoms with Crippen molar-refractivity contribution in [2.75, 3.05) is 17.3 Å². The molecule has 38 heavy (non-hydrogen) atoms. The fourth-order valence-corrected chi connectivity index (χ4v) is 3.75. The lowest BCUT2D eigenvalue weighted by Crippen LogP contribution is -2.35. The molecule has 11 heteroatoms. The van der Waals surface area contributed by atoms with Crippen LogP contribution >= 0.6 is 0 Å². The van der Waals surface area contributed by atoms with Gasteiger partial charge in [0.2, 0.25) is 5.88 Å². The van der Waals surface area contributed by atoms with Gasteiger partial charge in [-0.15, -0.1) is 0 Å². The molecule has 1 aliphatic rings. The van der Waals surface area contributed by atoms with Crippen LogP contribution in [0, 0.1) is 0 Å². The summed E-state index contributed by atoms with van der Waals surface area (Å²) < 4.78 is 12.9. The average molecular weight is 525 g/mol. The van der Waals surface area contributed by atoms with E-state index in [1.54, 1.807) is 60.0 Å². The van der Waals surface area contributed by atoms with E-state index in [2.05, 4.69) is 20.4 Å². The number of amides is 1. The van der Waals surface area contributed by atoms with Gasteiger partial charge in [-0.25, -0.2) is 14.8 Å². The molecule has 2 N–H and O–H groups in total. The van der Waals surface area contributed by atoms with Gasteiger partial charge in [0.25, 0.3) is 0 Å². The summed E-state index contributed by atoms with van der Waals surface area (Å²) in [6.45, 7) is 8.79. The first kappa shape index (κ1) is 27.3. The third-order valence-corrected chi connectivity index (χ3v) is 5.79. The van der Waals surface area contributed by atoms with Crippen LogP contribution in [-0.4, -0.2) is 60.9 Å². The summed E-state index contributed by atoms with van der Waals surface area (Å²) in [5.41, 5.74) is -0.329. The maximum absolute atomic E-state index is 13.1. The minimum atomic E-state index is -0.857. The van der Waals surface area contributed by atoms with Crippen LogP contribution in [0.4, 0.5) is 22.1 Å². The van der Waals surface area contributed by atoms with Crippen molar-refractivity contribution in [1.29, 1.82) is 0 Å². The molecule has 0 radical (unpaired) electrons. The molecule has 0 bridgehead atoms. The Bertz CT molecular complexity index is 1320. The van der Waals surface area contributed by atoms with E-state index in [-0.39, 0.29) is 18.3 Å². The third-order valence-electron chi connectivity index (χ3n) is 5.79. The molecule has 1 saturated carbocycles. The van der Waals surface area contributed by atoms with Gasteiger partial charge < -0.3 is 19.9 Å². The van der Waals surface area contributed by atoms with E-state index in [1.165, 1.54) is 15.6 Å². The van der Waals surface area contributed by atoms with E-state index in [1.807, 2.05) is 6.07 Å². The Hall–Kier alpha value is -3.73. The second-order valence-electron chi connectivity index (χ2n) is 11.2. The number of ether oxygens (including phenoxy) is 2. The normalized spacial score (nSPS) is 13.9. The first-order valence-electron chi connectivity index (χ1n) is 12.8. The fraction of sp³-hybridized carbons (Fsp3) is 0.519. The first-order chi connectivity index (χ1) is 17.8. The molecule has 3 heterocycles. The Kier molecular flexibility index (Phi) is 7.59. The number of rotatable bonds is 10. The van der Waals surface area contributed by atoms with Crippen LogP contribution in [0.25, 0.3) is 5.65 Å². The molecule has 204 valence electrons. The Morgan fingerprint density at radius 2 is 1.97 bits per heavy atom. The predicted molar refractivity (Wildman–Crippen MR) is 143 cm³/mol. The minimum absolute atomic E-state index is 0.151. The van der Waals surface area contributed by atoms with Crippen molar-refractivity contribution in [3.8, 4) is 5.88 Å². The van der Waals surface area contributed by atoms with Gasteiger partial charge in [-0.1, -0.05) is 0 Å². The molecule has 3 aromatic rings. The van der Waals surface area contributed by atoms with Crippen LogP contribution in [0.1, 0.15) is 77.1 Å². The topological polar surface area (TPSA) is 131 Å². The molecule has 4 rings (SSSR count). The average Bonchev–Trinajstić information content (AvgIpc) is 3.52. The van der Waals surface area contributed by atoms with E-state index in [0.29, 0.717) is 47.3 Å². The Morgan fingerprint density at radius 1 is 1.24 bits per heavy atom. The number of carbonyl (C=O) groups excluding carboxylic acids is 2. The number of Topliss-reactive ketones (excluding diaryl/α,β-unsaturated/α-hetero) is 1. The lowest BCUT2D eigenvalue weighted by Gasteiger charge is -2.25. The Morgan fingerprint density at radius 3 is 2.63 bits per heavy atom. The van der Waals surface area contributed by atoms with Gasteiger partial charge in [0.15, 0.2) is 11.4 Å². The second-order valence-corrected chi connectivity index (χ2v) is 11.2. The zero-order valence-electron chi connectivity index (χ0n) is 22.8. The number of pyridine rings is 1. The predicted octanol–water partition coefficient (Wildman–Crippen LogP) is 4.90. The highest BCUT2D eigenvalue weighted by Crippen LogP contribution is 2.33. The molecular formula is C27H36N6O5. The SMILES string of the molecule is CN(C(=O)OC(C)(C)C)c1cc(Nc2cccnc2OC2CC2)nc2c(C(=O)CCCC(C)(C)O)cnn12. The fourth-order valence-electron chi connectivity index (χ4n) is 3.75. The molecule has 0 aromatic carbocycles. The quantitative estimate of drug-likeness (QED) is 0.355. The number of nitrogens with one attached hydrogen (secondary N) is 1. The first-order valence-corrected chi connectivity index (χ1v) is 12.8. The molecule has 0 unspecified atom stereocenters. The van der Waals surface area contributed by atoms with Gasteiger partial charge in [0, 0.05) is 25.7 Å². The zero-order valence-corrected chi connectivity index (χ0v) is 22.8. The van der Waals surface area contributed by atoms with Crippen LogP contribution in [0.5, 0.6) is 5.88 Å². The molecule has 11 nitrogen and oxygen atoms in total. The molecule has 0 aliphatic heterocycles. The van der Waals surface area contributed by atoms with Gasteiger partial charge in [0.05, 0.1) is 17.4 Å². The lowest BCUT2D eigenvalue weighted by atomic mass is 9.99. The van der Waals surface area contributed by atoms with E-state index in [9.17, 15) is 14.7 Å². The largest absolute Gasteiger partial charge is 0.473 e. The van der Waals surface area contributed by atoms with Gasteiger partial charge in [0.1, 0.15) is 29.0 Å². The number of ketones is 1. The van der Waals surface area contributed by atoms with Crippen molar-refractivity contribution < 1.29 is 24.2 Å². The summed E-state index contributed by atoms with van der Waals surface area (Å²) in [7, 11) is 1.57. The molecular weight excluding hydrogens is 488 g/mol. The number of hydrogen-bond donors (Lipinski definition) is 2. The van der Waals surface area contributed by atoms with Gasteiger partial charge in [-0.3, -0.25) is 9.69 Å². The van der Waals surface area contributed by atoms with Gasteiger partial charge in [-0.05, 0) is 72.4 Å². The Labute approximate surface area is 222 Å². The van der Waals surface area contributed by atoms with Crippen molar-refractivity contribution in [2.24, 2.45) is 0 Å². The molecule has 0 atom stereocenters. The number of aliphatic hydroxyl groups is 1. The third kappa shape index (κ3) is 6.97. The van der Waals surface area contributed by atoms with E-state index < -0.39 is 17.3 Å². The summed E-state index contributed by atoms with van der Waals surface area (Å²) in [4.78, 5) is 36.4. The number of hydrogen-bond acceptors (Lipinski definition) is 9. The number of nitrogens with zero attached hydrogens (tertiary/aromatic N) is 5. The van der Waals surface area contributed by atoms with Crippen molar-refractivity contribution in [2.45, 2.75) is 84.0 Å². The van der Waals surface area contributed by atoms with Crippen molar-refractivity contribution in [1.82, 2.24) is 19.6 Å². The highest BCUT2D eigenvalue weighted by Gasteiger charge is 2.27. The molecule has 0 saturated heterocycles. The van der Waals surface area contributed by atoms with E-state index in [4.69, 9.17) is 9.47 Å². The van der Waals surface area contributed by atoms with Crippen LogP contribution in [-0.2, 0) is 4.74 Å². The highest BCUT2D eigenvalue weighted by molar-refractivity contribution is 6.02. The monoisotopic (exact) mass is 524 g/mol. The number of carbonyl (C=O) groups is 2. The van der Waals surface area contributed by atoms with Crippen molar-refractivity contribution in [3.63, 3.8) is 0 Å². The van der Waals surface area contributed by atoms with E-state index in [0.717, 1.165) is 12.8 Å². The van der Waals surface area contributed by atoms with E-state index >= 15 is 0 Å². The lowest BCUT2D eigenvalue weighted by molar-refractivity contribution is 0.0586. The maximum atomic E-state index is 13.1. The summed E-state index contributed by atoms with van der Waals surface area (Å²) in [6, 6.07) is 5.26. The molecule has 1 fully saturated rings. The molecule has 0 spiro atoms. The van der Waals surface area contributed by atoms with Crippen LogP contribution in [0.2, 0.25) is 0 Å². The molecule has 1 aliphatic carbocycles. The molecule has 1 amide bonds. The number of anilines is 3. The minimum Gasteiger partial charge on any atom is -0.473 e. The number of fused-ring (bicyclic) bond motifs is 1. The smallest absolute Gasteiger partial charge is 0.415 e.